The lowest BCUT2D eigenvalue weighted by Crippen LogP contribution is -2.32. The second-order valence-electron chi connectivity index (χ2n) is 6.50. The summed E-state index contributed by atoms with van der Waals surface area (Å²) in [6.07, 6.45) is 2.24. The number of carbonyl (C=O) groups is 1. The molecule has 148 valence electrons. The van der Waals surface area contributed by atoms with Gasteiger partial charge in [-0.1, -0.05) is 12.1 Å². The van der Waals surface area contributed by atoms with Crippen molar-refractivity contribution >= 4 is 23.0 Å². The van der Waals surface area contributed by atoms with Crippen molar-refractivity contribution < 1.29 is 19.2 Å². The van der Waals surface area contributed by atoms with Crippen LogP contribution in [0.4, 0.5) is 17.1 Å². The number of amides is 1. The molecule has 0 spiro atoms. The molecule has 2 aromatic rings. The van der Waals surface area contributed by atoms with E-state index in [2.05, 4.69) is 16.3 Å². The van der Waals surface area contributed by atoms with E-state index in [-0.39, 0.29) is 18.0 Å². The number of nitro benzene ring substituents is 1. The minimum absolute atomic E-state index is 0.106. The minimum Gasteiger partial charge on any atom is -0.495 e. The number of methoxy groups -OCH3 is 2. The molecule has 0 aliphatic carbocycles. The molecule has 1 heterocycles. The van der Waals surface area contributed by atoms with E-state index in [4.69, 9.17) is 9.47 Å². The zero-order valence-electron chi connectivity index (χ0n) is 15.9. The number of hydrogen-bond acceptors (Lipinski definition) is 6. The Kier molecular flexibility index (Phi) is 5.98. The zero-order chi connectivity index (χ0) is 20.1. The number of aryl methyl sites for hydroxylation is 1. The first-order chi connectivity index (χ1) is 13.5. The fourth-order valence-electron chi connectivity index (χ4n) is 3.45. The molecule has 1 aliphatic heterocycles. The van der Waals surface area contributed by atoms with Crippen LogP contribution < -0.4 is 19.7 Å². The van der Waals surface area contributed by atoms with E-state index in [1.54, 1.807) is 7.11 Å². The molecule has 2 aromatic carbocycles. The van der Waals surface area contributed by atoms with Gasteiger partial charge >= 0.3 is 0 Å². The lowest BCUT2D eigenvalue weighted by Gasteiger charge is -2.32. The molecule has 0 aromatic heterocycles. The van der Waals surface area contributed by atoms with E-state index < -0.39 is 4.92 Å². The first kappa shape index (κ1) is 19.5. The smallest absolute Gasteiger partial charge is 0.271 e. The Hall–Kier alpha value is -3.29. The molecule has 1 N–H and O–H groups in total. The summed E-state index contributed by atoms with van der Waals surface area (Å²) in [5, 5.41) is 13.7. The third kappa shape index (κ3) is 4.16. The quantitative estimate of drug-likeness (QED) is 0.580. The number of nitrogens with zero attached hydrogens (tertiary/aromatic N) is 2. The molecular formula is C20H23N3O5. The predicted octanol–water partition coefficient (Wildman–Crippen LogP) is 3.39. The van der Waals surface area contributed by atoms with Crippen molar-refractivity contribution in [1.82, 2.24) is 0 Å². The van der Waals surface area contributed by atoms with Crippen molar-refractivity contribution in [2.75, 3.05) is 37.5 Å². The molecule has 28 heavy (non-hydrogen) atoms. The first-order valence-electron chi connectivity index (χ1n) is 9.06. The Balaban J connectivity index is 1.70. The highest BCUT2D eigenvalue weighted by molar-refractivity contribution is 5.93. The highest BCUT2D eigenvalue weighted by Gasteiger charge is 2.22. The van der Waals surface area contributed by atoms with Crippen molar-refractivity contribution in [2.24, 2.45) is 0 Å². The lowest BCUT2D eigenvalue weighted by atomic mass is 10.0. The van der Waals surface area contributed by atoms with Crippen molar-refractivity contribution in [3.05, 3.63) is 52.1 Å². The van der Waals surface area contributed by atoms with E-state index in [0.29, 0.717) is 18.0 Å². The molecule has 0 unspecified atom stereocenters. The number of anilines is 2. The summed E-state index contributed by atoms with van der Waals surface area (Å²) in [6, 6.07) is 10.1. The second kappa shape index (κ2) is 8.60. The molecule has 0 saturated carbocycles. The number of nitrogens with one attached hydrogen (secondary N) is 1. The molecule has 0 atom stereocenters. The SMILES string of the molecule is COc1ccc([N+](=O)[O-])cc1NC(=O)CCN1CCCc2cccc(OC)c21. The van der Waals surface area contributed by atoms with Crippen LogP contribution in [0.25, 0.3) is 0 Å². The lowest BCUT2D eigenvalue weighted by molar-refractivity contribution is -0.384. The molecule has 8 nitrogen and oxygen atoms in total. The van der Waals surface area contributed by atoms with Gasteiger partial charge in [-0.15, -0.1) is 0 Å². The van der Waals surface area contributed by atoms with Gasteiger partial charge < -0.3 is 19.7 Å². The van der Waals surface area contributed by atoms with Crippen LogP contribution in [-0.4, -0.2) is 38.1 Å². The zero-order valence-corrected chi connectivity index (χ0v) is 15.9. The van der Waals surface area contributed by atoms with Crippen molar-refractivity contribution in [3.63, 3.8) is 0 Å². The van der Waals surface area contributed by atoms with Crippen molar-refractivity contribution in [1.29, 1.82) is 0 Å². The number of rotatable bonds is 7. The molecule has 3 rings (SSSR count). The Morgan fingerprint density at radius 1 is 1.21 bits per heavy atom. The van der Waals surface area contributed by atoms with Gasteiger partial charge in [0.2, 0.25) is 5.91 Å². The number of para-hydroxylation sites is 1. The maximum Gasteiger partial charge on any atom is 0.271 e. The van der Waals surface area contributed by atoms with Crippen LogP contribution in [0.5, 0.6) is 11.5 Å². The average Bonchev–Trinajstić information content (AvgIpc) is 2.71. The maximum absolute atomic E-state index is 12.5. The van der Waals surface area contributed by atoms with Gasteiger partial charge in [-0.2, -0.15) is 0 Å². The Bertz CT molecular complexity index is 870. The molecule has 0 fully saturated rings. The van der Waals surface area contributed by atoms with E-state index >= 15 is 0 Å². The first-order valence-corrected chi connectivity index (χ1v) is 9.06. The summed E-state index contributed by atoms with van der Waals surface area (Å²) >= 11 is 0. The van der Waals surface area contributed by atoms with Gasteiger partial charge in [0.05, 0.1) is 30.5 Å². The number of non-ortho nitro benzene ring substituents is 1. The second-order valence-corrected chi connectivity index (χ2v) is 6.50. The van der Waals surface area contributed by atoms with Crippen molar-refractivity contribution in [2.45, 2.75) is 19.3 Å². The van der Waals surface area contributed by atoms with Gasteiger partial charge in [0, 0.05) is 31.6 Å². The Morgan fingerprint density at radius 2 is 2.00 bits per heavy atom. The number of benzene rings is 2. The van der Waals surface area contributed by atoms with Crippen LogP contribution in [0.3, 0.4) is 0 Å². The summed E-state index contributed by atoms with van der Waals surface area (Å²) < 4.78 is 10.7. The van der Waals surface area contributed by atoms with Crippen molar-refractivity contribution in [3.8, 4) is 11.5 Å². The van der Waals surface area contributed by atoms with E-state index in [0.717, 1.165) is 30.8 Å². The summed E-state index contributed by atoms with van der Waals surface area (Å²) in [6.45, 7) is 1.37. The monoisotopic (exact) mass is 385 g/mol. The summed E-state index contributed by atoms with van der Waals surface area (Å²) in [5.41, 5.74) is 2.44. The predicted molar refractivity (Wildman–Crippen MR) is 106 cm³/mol. The molecular weight excluding hydrogens is 362 g/mol. The van der Waals surface area contributed by atoms with Crippen LogP contribution in [0.15, 0.2) is 36.4 Å². The fourth-order valence-corrected chi connectivity index (χ4v) is 3.45. The van der Waals surface area contributed by atoms with Gasteiger partial charge in [-0.3, -0.25) is 14.9 Å². The number of carbonyl (C=O) groups excluding carboxylic acids is 1. The standard InChI is InChI=1S/C20H23N3O5/c1-27-17-9-8-15(23(25)26)13-16(17)21-19(24)10-12-22-11-4-6-14-5-3-7-18(28-2)20(14)22/h3,5,7-9,13H,4,6,10-12H2,1-2H3,(H,21,24). The van der Waals surface area contributed by atoms with Crippen LogP contribution in [0, 0.1) is 10.1 Å². The molecule has 0 bridgehead atoms. The summed E-state index contributed by atoms with van der Waals surface area (Å²) in [5.74, 6) is 0.947. The largest absolute Gasteiger partial charge is 0.495 e. The molecule has 8 heteroatoms. The average molecular weight is 385 g/mol. The number of nitro groups is 1. The van der Waals surface area contributed by atoms with E-state index in [1.165, 1.54) is 30.9 Å². The number of hydrogen-bond donors (Lipinski definition) is 1. The summed E-state index contributed by atoms with van der Waals surface area (Å²) in [7, 11) is 3.09. The van der Waals surface area contributed by atoms with Gasteiger partial charge in [0.15, 0.2) is 0 Å². The van der Waals surface area contributed by atoms with E-state index in [1.807, 2.05) is 12.1 Å². The minimum atomic E-state index is -0.508. The molecule has 1 aliphatic rings. The van der Waals surface area contributed by atoms with Crippen LogP contribution in [0.2, 0.25) is 0 Å². The third-order valence-electron chi connectivity index (χ3n) is 4.77. The van der Waals surface area contributed by atoms with Crippen LogP contribution >= 0.6 is 0 Å². The molecule has 0 radical (unpaired) electrons. The molecule has 1 amide bonds. The fraction of sp³-hybridized carbons (Fsp3) is 0.350. The highest BCUT2D eigenvalue weighted by Crippen LogP contribution is 2.36. The third-order valence-corrected chi connectivity index (χ3v) is 4.77. The van der Waals surface area contributed by atoms with Crippen LogP contribution in [0.1, 0.15) is 18.4 Å². The van der Waals surface area contributed by atoms with E-state index in [9.17, 15) is 14.9 Å². The van der Waals surface area contributed by atoms with Gasteiger partial charge in [0.1, 0.15) is 11.5 Å². The van der Waals surface area contributed by atoms with Crippen LogP contribution in [-0.2, 0) is 11.2 Å². The van der Waals surface area contributed by atoms with Gasteiger partial charge in [-0.25, -0.2) is 0 Å². The molecule has 0 saturated heterocycles. The van der Waals surface area contributed by atoms with Gasteiger partial charge in [-0.05, 0) is 30.5 Å². The Labute approximate surface area is 163 Å². The highest BCUT2D eigenvalue weighted by atomic mass is 16.6. The summed E-state index contributed by atoms with van der Waals surface area (Å²) in [4.78, 5) is 25.1. The Morgan fingerprint density at radius 3 is 2.71 bits per heavy atom. The number of fused-ring (bicyclic) bond motifs is 1. The van der Waals surface area contributed by atoms with Gasteiger partial charge in [0.25, 0.3) is 5.69 Å². The number of ether oxygens (including phenoxy) is 2. The maximum atomic E-state index is 12.5. The normalized spacial score (nSPS) is 12.9. The topological polar surface area (TPSA) is 93.9 Å².